The molecular weight excluding hydrogens is 312 g/mol. The highest BCUT2D eigenvalue weighted by atomic mass is 16.8. The minimum absolute atomic E-state index is 0.0352. The smallest absolute Gasteiger partial charge is 0.366 e. The molecule has 0 aliphatic carbocycles. The van der Waals surface area contributed by atoms with Crippen LogP contribution < -0.4 is 5.32 Å². The summed E-state index contributed by atoms with van der Waals surface area (Å²) < 4.78 is 5.35. The van der Waals surface area contributed by atoms with Crippen LogP contribution in [0.25, 0.3) is 0 Å². The van der Waals surface area contributed by atoms with Crippen LogP contribution in [0.15, 0.2) is 30.3 Å². The maximum absolute atomic E-state index is 12.0. The molecule has 0 radical (unpaired) electrons. The Hall–Kier alpha value is -1.96. The van der Waals surface area contributed by atoms with Gasteiger partial charge in [-0.05, 0) is 24.8 Å². The number of hydrogen-bond donors (Lipinski definition) is 2. The van der Waals surface area contributed by atoms with Crippen LogP contribution in [0.3, 0.4) is 0 Å². The van der Waals surface area contributed by atoms with Crippen molar-refractivity contribution < 1.29 is 24.3 Å². The fourth-order valence-electron chi connectivity index (χ4n) is 2.57. The molecule has 0 spiro atoms. The Bertz CT molecular complexity index is 539. The Kier molecular flexibility index (Phi) is 6.72. The van der Waals surface area contributed by atoms with E-state index in [0.29, 0.717) is 19.4 Å². The van der Waals surface area contributed by atoms with Crippen LogP contribution in [-0.4, -0.2) is 47.7 Å². The van der Waals surface area contributed by atoms with Gasteiger partial charge in [-0.1, -0.05) is 37.3 Å². The molecule has 4 unspecified atom stereocenters. The minimum Gasteiger partial charge on any atom is -0.366 e. The Balaban J connectivity index is 1.93. The number of aldehydes is 1. The first-order valence-electron chi connectivity index (χ1n) is 8.06. The van der Waals surface area contributed by atoms with Crippen LogP contribution in [0.1, 0.15) is 25.8 Å². The second kappa shape index (κ2) is 8.77. The molecule has 2 N–H and O–H groups in total. The summed E-state index contributed by atoms with van der Waals surface area (Å²) in [5.41, 5.74) is 1.01. The van der Waals surface area contributed by atoms with Crippen LogP contribution in [0, 0.1) is 5.92 Å². The van der Waals surface area contributed by atoms with E-state index >= 15 is 0 Å². The van der Waals surface area contributed by atoms with Crippen molar-refractivity contribution in [2.24, 2.45) is 5.92 Å². The van der Waals surface area contributed by atoms with E-state index in [9.17, 15) is 14.7 Å². The molecule has 1 amide bonds. The van der Waals surface area contributed by atoms with Gasteiger partial charge in [0.1, 0.15) is 18.6 Å². The van der Waals surface area contributed by atoms with Crippen molar-refractivity contribution in [3.63, 3.8) is 0 Å². The van der Waals surface area contributed by atoms with E-state index in [2.05, 4.69) is 5.32 Å². The zero-order valence-electron chi connectivity index (χ0n) is 13.9. The van der Waals surface area contributed by atoms with Crippen LogP contribution in [0.4, 0.5) is 4.79 Å². The van der Waals surface area contributed by atoms with E-state index in [1.54, 1.807) is 6.92 Å². The van der Waals surface area contributed by atoms with E-state index < -0.39 is 24.7 Å². The first kappa shape index (κ1) is 18.4. The van der Waals surface area contributed by atoms with Crippen molar-refractivity contribution in [3.05, 3.63) is 35.9 Å². The summed E-state index contributed by atoms with van der Waals surface area (Å²) >= 11 is 0. The lowest BCUT2D eigenvalue weighted by Crippen LogP contribution is -2.44. The van der Waals surface area contributed by atoms with Gasteiger partial charge in [-0.15, -0.1) is 5.06 Å². The Morgan fingerprint density at radius 2 is 2.17 bits per heavy atom. The third kappa shape index (κ3) is 5.02. The molecule has 2 rings (SSSR count). The van der Waals surface area contributed by atoms with E-state index in [4.69, 9.17) is 9.57 Å². The summed E-state index contributed by atoms with van der Waals surface area (Å²) in [6.07, 6.45) is -0.537. The highest BCUT2D eigenvalue weighted by Crippen LogP contribution is 2.25. The third-order valence-corrected chi connectivity index (χ3v) is 3.92. The number of aliphatic hydroxyl groups is 1. The number of ether oxygens (including phenoxy) is 1. The van der Waals surface area contributed by atoms with Gasteiger partial charge in [-0.2, -0.15) is 0 Å². The molecule has 24 heavy (non-hydrogen) atoms. The normalized spacial score (nSPS) is 25.2. The van der Waals surface area contributed by atoms with E-state index in [-0.39, 0.29) is 5.92 Å². The average molecular weight is 336 g/mol. The number of benzene rings is 1. The van der Waals surface area contributed by atoms with Crippen LogP contribution in [-0.2, 0) is 20.8 Å². The largest absolute Gasteiger partial charge is 0.426 e. The first-order valence-corrected chi connectivity index (χ1v) is 8.06. The van der Waals surface area contributed by atoms with Gasteiger partial charge in [-0.3, -0.25) is 0 Å². The first-order chi connectivity index (χ1) is 11.5. The molecule has 0 aromatic heterocycles. The number of hydroxylamine groups is 2. The van der Waals surface area contributed by atoms with Crippen molar-refractivity contribution in [1.29, 1.82) is 0 Å². The van der Waals surface area contributed by atoms with Gasteiger partial charge in [0.05, 0.1) is 0 Å². The maximum atomic E-state index is 12.0. The van der Waals surface area contributed by atoms with Crippen molar-refractivity contribution in [1.82, 2.24) is 10.4 Å². The molecule has 1 aromatic carbocycles. The van der Waals surface area contributed by atoms with Crippen LogP contribution in [0.2, 0.25) is 0 Å². The second-order valence-electron chi connectivity index (χ2n) is 6.01. The van der Waals surface area contributed by atoms with Gasteiger partial charge in [0.15, 0.2) is 6.29 Å². The summed E-state index contributed by atoms with van der Waals surface area (Å²) in [5, 5.41) is 14.1. The molecule has 7 nitrogen and oxygen atoms in total. The number of rotatable bonds is 7. The molecule has 1 saturated heterocycles. The van der Waals surface area contributed by atoms with Gasteiger partial charge < -0.3 is 24.8 Å². The molecule has 1 aliphatic rings. The van der Waals surface area contributed by atoms with E-state index in [1.807, 2.05) is 37.3 Å². The molecule has 1 fully saturated rings. The molecule has 0 bridgehead atoms. The zero-order valence-corrected chi connectivity index (χ0v) is 13.9. The summed E-state index contributed by atoms with van der Waals surface area (Å²) in [6, 6.07) is 9.13. The fourth-order valence-corrected chi connectivity index (χ4v) is 2.57. The summed E-state index contributed by atoms with van der Waals surface area (Å²) in [6.45, 7) is 3.90. The summed E-state index contributed by atoms with van der Waals surface area (Å²) in [4.78, 5) is 27.7. The molecule has 1 heterocycles. The molecule has 132 valence electrons. The molecule has 0 saturated carbocycles. The third-order valence-electron chi connectivity index (χ3n) is 3.92. The second-order valence-corrected chi connectivity index (χ2v) is 6.01. The van der Waals surface area contributed by atoms with Crippen molar-refractivity contribution >= 4 is 12.4 Å². The van der Waals surface area contributed by atoms with Crippen LogP contribution in [0.5, 0.6) is 0 Å². The standard InChI is InChI=1S/C17H24N2O5/c1-12(8-9-20)11-18-17(22)24-19-13(2)23-16(21)15(19)10-14-6-4-3-5-7-14/h3-7,9,12-13,15-16,21H,8,10-11H2,1-2H3,(H,18,22). The highest BCUT2D eigenvalue weighted by Gasteiger charge is 2.42. The summed E-state index contributed by atoms with van der Waals surface area (Å²) in [7, 11) is 0. The fraction of sp³-hybridized carbons (Fsp3) is 0.529. The summed E-state index contributed by atoms with van der Waals surface area (Å²) in [5.74, 6) is 0.0352. The molecular formula is C17H24N2O5. The lowest BCUT2D eigenvalue weighted by molar-refractivity contribution is -0.167. The SMILES string of the molecule is CC(CC=O)CNC(=O)ON1C(C)OC(O)C1Cc1ccccc1. The lowest BCUT2D eigenvalue weighted by Gasteiger charge is -2.25. The Morgan fingerprint density at radius 1 is 1.46 bits per heavy atom. The van der Waals surface area contributed by atoms with Gasteiger partial charge in [-0.25, -0.2) is 4.79 Å². The maximum Gasteiger partial charge on any atom is 0.426 e. The van der Waals surface area contributed by atoms with Gasteiger partial charge >= 0.3 is 6.09 Å². The predicted octanol–water partition coefficient (Wildman–Crippen LogP) is 1.46. The Labute approximate surface area is 141 Å². The van der Waals surface area contributed by atoms with Crippen LogP contribution >= 0.6 is 0 Å². The molecule has 7 heteroatoms. The van der Waals surface area contributed by atoms with Crippen molar-refractivity contribution in [2.75, 3.05) is 6.54 Å². The lowest BCUT2D eigenvalue weighted by atomic mass is 10.1. The highest BCUT2D eigenvalue weighted by molar-refractivity contribution is 5.66. The predicted molar refractivity (Wildman–Crippen MR) is 86.7 cm³/mol. The number of carbonyl (C=O) groups is 2. The number of nitrogens with zero attached hydrogens (tertiary/aromatic N) is 1. The molecule has 4 atom stereocenters. The van der Waals surface area contributed by atoms with E-state index in [0.717, 1.165) is 11.8 Å². The average Bonchev–Trinajstić information content (AvgIpc) is 2.81. The monoisotopic (exact) mass is 336 g/mol. The van der Waals surface area contributed by atoms with Gasteiger partial charge in [0.2, 0.25) is 0 Å². The number of carbonyl (C=O) groups excluding carboxylic acids is 2. The van der Waals surface area contributed by atoms with Gasteiger partial charge in [0.25, 0.3) is 0 Å². The molecule has 1 aromatic rings. The minimum atomic E-state index is -1.04. The van der Waals surface area contributed by atoms with Gasteiger partial charge in [0, 0.05) is 13.0 Å². The molecule has 1 aliphatic heterocycles. The number of amides is 1. The zero-order chi connectivity index (χ0) is 17.5. The Morgan fingerprint density at radius 3 is 2.83 bits per heavy atom. The van der Waals surface area contributed by atoms with Crippen molar-refractivity contribution in [2.45, 2.75) is 45.2 Å². The topological polar surface area (TPSA) is 88.1 Å². The quantitative estimate of drug-likeness (QED) is 0.733. The number of nitrogens with one attached hydrogen (secondary N) is 1. The number of aliphatic hydroxyl groups excluding tert-OH is 1. The van der Waals surface area contributed by atoms with Crippen molar-refractivity contribution in [3.8, 4) is 0 Å². The number of hydrogen-bond acceptors (Lipinski definition) is 6. The van der Waals surface area contributed by atoms with E-state index in [1.165, 1.54) is 5.06 Å².